The van der Waals surface area contributed by atoms with E-state index >= 15 is 0 Å². The molecule has 0 amide bonds. The van der Waals surface area contributed by atoms with E-state index < -0.39 is 16.6 Å². The second-order valence-corrected chi connectivity index (χ2v) is 28.3. The van der Waals surface area contributed by atoms with Crippen LogP contribution in [0.4, 0.5) is 0 Å². The molecule has 1 atom stereocenters. The van der Waals surface area contributed by atoms with Crippen molar-refractivity contribution >= 4 is 28.4 Å². The maximum atomic E-state index is 7.00. The van der Waals surface area contributed by atoms with E-state index in [-0.39, 0.29) is 10.1 Å². The van der Waals surface area contributed by atoms with Crippen LogP contribution in [0.5, 0.6) is 23.0 Å². The molecule has 3 aromatic rings. The van der Waals surface area contributed by atoms with Gasteiger partial charge in [-0.1, -0.05) is 84.6 Å². The van der Waals surface area contributed by atoms with Crippen LogP contribution in [0.25, 0.3) is 0 Å². The topological polar surface area (TPSA) is 40.2 Å². The molecule has 0 saturated heterocycles. The maximum Gasteiger partial charge on any atom is 0.250 e. The Bertz CT molecular complexity index is 1580. The first-order valence-electron chi connectivity index (χ1n) is 19.0. The molecule has 51 heavy (non-hydrogen) atoms. The van der Waals surface area contributed by atoms with Crippen LogP contribution in [0, 0.1) is 6.92 Å². The Kier molecular flexibility index (Phi) is 13.9. The predicted molar refractivity (Wildman–Crippen MR) is 223 cm³/mol. The minimum Gasteiger partial charge on any atom is -0.541 e. The van der Waals surface area contributed by atoms with E-state index in [1.54, 1.807) is 14.2 Å². The molecule has 1 unspecified atom stereocenters. The molecule has 0 saturated carbocycles. The Morgan fingerprint density at radius 3 is 1.82 bits per heavy atom. The average Bonchev–Trinajstić information content (AvgIpc) is 3.05. The summed E-state index contributed by atoms with van der Waals surface area (Å²) < 4.78 is 25.2. The van der Waals surface area contributed by atoms with Crippen LogP contribution < -0.4 is 18.3 Å². The fraction of sp³-hybridized carbons (Fsp3) is 0.581. The number of fused-ring (bicyclic) bond motifs is 1. The van der Waals surface area contributed by atoms with Crippen molar-refractivity contribution in [1.82, 2.24) is 4.90 Å². The Labute approximate surface area is 317 Å². The minimum absolute atomic E-state index is 0.115. The number of benzene rings is 3. The largest absolute Gasteiger partial charge is 0.541 e. The smallest absolute Gasteiger partial charge is 0.250 e. The van der Waals surface area contributed by atoms with Crippen LogP contribution in [0.2, 0.25) is 36.3 Å². The number of ether oxygens (including phenoxy) is 2. The lowest BCUT2D eigenvalue weighted by Gasteiger charge is -2.40. The molecular weight excluding hydrogens is 683 g/mol. The van der Waals surface area contributed by atoms with Crippen LogP contribution in [0.15, 0.2) is 59.5 Å². The van der Waals surface area contributed by atoms with E-state index in [0.717, 1.165) is 55.5 Å². The second kappa shape index (κ2) is 17.2. The van der Waals surface area contributed by atoms with Gasteiger partial charge in [-0.2, -0.15) is 0 Å². The summed E-state index contributed by atoms with van der Waals surface area (Å²) in [6.45, 7) is 28.6. The maximum absolute atomic E-state index is 7.00. The third kappa shape index (κ3) is 11.1. The fourth-order valence-corrected chi connectivity index (χ4v) is 9.20. The first kappa shape index (κ1) is 41.4. The Hall–Kier alpha value is -2.40. The van der Waals surface area contributed by atoms with Crippen LogP contribution in [-0.4, -0.2) is 48.8 Å². The van der Waals surface area contributed by atoms with Gasteiger partial charge < -0.3 is 18.3 Å². The van der Waals surface area contributed by atoms with E-state index in [0.29, 0.717) is 5.25 Å². The molecule has 0 radical (unpaired) electrons. The van der Waals surface area contributed by atoms with E-state index in [2.05, 4.69) is 128 Å². The van der Waals surface area contributed by atoms with E-state index in [4.69, 9.17) is 18.3 Å². The molecular formula is C43H67NO4SSi2. The van der Waals surface area contributed by atoms with E-state index in [1.165, 1.54) is 52.8 Å². The molecule has 0 spiro atoms. The normalized spacial score (nSPS) is 14.9. The third-order valence-corrected chi connectivity index (χ3v) is 21.5. The Balaban J connectivity index is 1.38. The average molecular weight is 750 g/mol. The highest BCUT2D eigenvalue weighted by molar-refractivity contribution is 7.99. The predicted octanol–water partition coefficient (Wildman–Crippen LogP) is 12.6. The molecule has 0 N–H and O–H groups in total. The molecule has 5 nitrogen and oxygen atoms in total. The molecule has 1 aliphatic rings. The molecule has 0 aromatic heterocycles. The van der Waals surface area contributed by atoms with Gasteiger partial charge in [-0.3, -0.25) is 4.90 Å². The summed E-state index contributed by atoms with van der Waals surface area (Å²) in [6, 6.07) is 20.0. The van der Waals surface area contributed by atoms with Crippen LogP contribution in [0.1, 0.15) is 101 Å². The number of hydrogen-bond donors (Lipinski definition) is 0. The number of hydrogen-bond acceptors (Lipinski definition) is 6. The number of unbranched alkanes of at least 4 members (excludes halogenated alkanes) is 3. The number of methoxy groups -OCH3 is 2. The standard InChI is InChI=1S/C43H67NO4SSi2/c1-32-19-22-36(23-20-32)49-41(34-21-24-37(45-8)38(29-34)46-9)18-16-14-15-17-26-44-27-25-33-28-39(47-50(10,11)42(2,3)4)40(30-35(33)31-44)48-51(12,13)43(5,6)7/h19-24,28-30,41H,14-18,25-27,31H2,1-13H3. The van der Waals surface area contributed by atoms with E-state index in [1.807, 2.05) is 17.8 Å². The van der Waals surface area contributed by atoms with Crippen LogP contribution >= 0.6 is 11.8 Å². The van der Waals surface area contributed by atoms with Gasteiger partial charge in [-0.05, 0) is 122 Å². The van der Waals surface area contributed by atoms with Crippen molar-refractivity contribution in [3.05, 3.63) is 76.9 Å². The summed E-state index contributed by atoms with van der Waals surface area (Å²) in [4.78, 5) is 3.95. The van der Waals surface area contributed by atoms with Crippen molar-refractivity contribution in [3.8, 4) is 23.0 Å². The zero-order valence-electron chi connectivity index (χ0n) is 34.1. The number of aryl methyl sites for hydroxylation is 1. The lowest BCUT2D eigenvalue weighted by molar-refractivity contribution is 0.247. The highest BCUT2D eigenvalue weighted by Crippen LogP contribution is 2.46. The van der Waals surface area contributed by atoms with Gasteiger partial charge in [0.25, 0.3) is 16.6 Å². The highest BCUT2D eigenvalue weighted by Gasteiger charge is 2.42. The first-order valence-corrected chi connectivity index (χ1v) is 25.7. The van der Waals surface area contributed by atoms with Gasteiger partial charge in [-0.25, -0.2) is 0 Å². The van der Waals surface area contributed by atoms with Crippen LogP contribution in [0.3, 0.4) is 0 Å². The van der Waals surface area contributed by atoms with Gasteiger partial charge in [0.15, 0.2) is 11.5 Å². The molecule has 0 bridgehead atoms. The zero-order chi connectivity index (χ0) is 37.6. The molecule has 0 aliphatic carbocycles. The summed E-state index contributed by atoms with van der Waals surface area (Å²) in [5.41, 5.74) is 5.41. The summed E-state index contributed by atoms with van der Waals surface area (Å²) in [7, 11) is -0.666. The zero-order valence-corrected chi connectivity index (χ0v) is 36.9. The van der Waals surface area contributed by atoms with Crippen molar-refractivity contribution in [2.45, 2.75) is 140 Å². The lowest BCUT2D eigenvalue weighted by atomic mass is 9.98. The first-order chi connectivity index (χ1) is 23.8. The highest BCUT2D eigenvalue weighted by atomic mass is 32.2. The minimum atomic E-state index is -2.05. The summed E-state index contributed by atoms with van der Waals surface area (Å²) in [5, 5.41) is 0.599. The van der Waals surface area contributed by atoms with Crippen molar-refractivity contribution < 1.29 is 18.3 Å². The number of rotatable bonds is 16. The van der Waals surface area contributed by atoms with Gasteiger partial charge in [-0.15, -0.1) is 11.8 Å². The summed E-state index contributed by atoms with van der Waals surface area (Å²) >= 11 is 1.95. The quantitative estimate of drug-likeness (QED) is 0.0825. The lowest BCUT2D eigenvalue weighted by Crippen LogP contribution is -2.46. The molecule has 4 rings (SSSR count). The van der Waals surface area contributed by atoms with Gasteiger partial charge in [0.1, 0.15) is 11.5 Å². The molecule has 3 aromatic carbocycles. The van der Waals surface area contributed by atoms with Crippen molar-refractivity contribution in [2.24, 2.45) is 0 Å². The van der Waals surface area contributed by atoms with Crippen molar-refractivity contribution in [3.63, 3.8) is 0 Å². The van der Waals surface area contributed by atoms with Crippen molar-refractivity contribution in [2.75, 3.05) is 27.3 Å². The Morgan fingerprint density at radius 1 is 0.686 bits per heavy atom. The third-order valence-electron chi connectivity index (χ3n) is 11.5. The molecule has 282 valence electrons. The fourth-order valence-electron chi connectivity index (χ4n) is 5.98. The van der Waals surface area contributed by atoms with Gasteiger partial charge >= 0.3 is 0 Å². The summed E-state index contributed by atoms with van der Waals surface area (Å²) in [6.07, 6.45) is 7.10. The monoisotopic (exact) mass is 749 g/mol. The van der Waals surface area contributed by atoms with E-state index in [9.17, 15) is 0 Å². The molecule has 1 aliphatic heterocycles. The van der Waals surface area contributed by atoms with Crippen LogP contribution in [-0.2, 0) is 13.0 Å². The second-order valence-electron chi connectivity index (χ2n) is 17.6. The molecule has 0 fully saturated rings. The number of thioether (sulfide) groups is 1. The van der Waals surface area contributed by atoms with Gasteiger partial charge in [0.05, 0.1) is 14.2 Å². The molecule has 8 heteroatoms. The molecule has 1 heterocycles. The number of nitrogens with zero attached hydrogens (tertiary/aromatic N) is 1. The van der Waals surface area contributed by atoms with Crippen molar-refractivity contribution in [1.29, 1.82) is 0 Å². The Morgan fingerprint density at radius 2 is 1.25 bits per heavy atom. The SMILES string of the molecule is COc1ccc(C(CCCCCCN2CCc3cc(O[Si](C)(C)C(C)(C)C)c(O[Si](C)(C)C(C)(C)C)cc3C2)Sc2ccc(C)cc2)cc1OC. The van der Waals surface area contributed by atoms with Gasteiger partial charge in [0, 0.05) is 23.2 Å². The van der Waals surface area contributed by atoms with Gasteiger partial charge in [0.2, 0.25) is 0 Å². The summed E-state index contributed by atoms with van der Waals surface area (Å²) in [5.74, 6) is 3.50.